The van der Waals surface area contributed by atoms with E-state index in [1.165, 1.54) is 5.38 Å². The monoisotopic (exact) mass is 276 g/mol. The first-order chi connectivity index (χ1) is 8.47. The molecule has 2 heterocycles. The van der Waals surface area contributed by atoms with E-state index in [-0.39, 0.29) is 15.4 Å². The molecule has 4 atom stereocenters. The third-order valence-electron chi connectivity index (χ3n) is 2.75. The van der Waals surface area contributed by atoms with Crippen LogP contribution in [-0.4, -0.2) is 46.1 Å². The van der Waals surface area contributed by atoms with Gasteiger partial charge in [-0.3, -0.25) is 4.79 Å². The fraction of sp³-hybridized carbons (Fsp3) is 0.556. The lowest BCUT2D eigenvalue weighted by Gasteiger charge is -2.11. The second kappa shape index (κ2) is 4.78. The summed E-state index contributed by atoms with van der Waals surface area (Å²) >= 11 is 0.892. The minimum atomic E-state index is -1.35. The predicted molar refractivity (Wildman–Crippen MR) is 58.5 cm³/mol. The van der Waals surface area contributed by atoms with Gasteiger partial charge in [0.1, 0.15) is 18.3 Å². The molecule has 18 heavy (non-hydrogen) atoms. The second-order valence-corrected chi connectivity index (χ2v) is 4.77. The summed E-state index contributed by atoms with van der Waals surface area (Å²) in [7, 11) is 0. The minimum absolute atomic E-state index is 0.00583. The number of hydrogen-bond acceptors (Lipinski definition) is 7. The molecule has 0 aliphatic carbocycles. The van der Waals surface area contributed by atoms with Crippen LogP contribution in [0.1, 0.15) is 21.6 Å². The van der Waals surface area contributed by atoms with Crippen molar-refractivity contribution in [2.75, 3.05) is 6.61 Å². The highest BCUT2D eigenvalue weighted by atomic mass is 32.1. The number of rotatable bonds is 3. The van der Waals surface area contributed by atoms with E-state index in [4.69, 9.17) is 15.6 Å². The van der Waals surface area contributed by atoms with Crippen molar-refractivity contribution in [2.45, 2.75) is 24.4 Å². The zero-order chi connectivity index (χ0) is 13.4. The van der Waals surface area contributed by atoms with Crippen LogP contribution in [0.2, 0.25) is 0 Å². The number of nitrogens with zero attached hydrogens (tertiary/aromatic N) is 1. The van der Waals surface area contributed by atoms with Crippen molar-refractivity contribution < 1.29 is 29.6 Å². The normalized spacial score (nSPS) is 31.7. The molecule has 0 saturated carbocycles. The Morgan fingerprint density at radius 2 is 2.22 bits per heavy atom. The van der Waals surface area contributed by atoms with E-state index in [0.29, 0.717) is 0 Å². The van der Waals surface area contributed by atoms with Crippen molar-refractivity contribution >= 4 is 17.2 Å². The smallest absolute Gasteiger partial charge is 0.315 e. The summed E-state index contributed by atoms with van der Waals surface area (Å²) in [4.78, 5) is 10.9. The molecule has 1 aliphatic heterocycles. The van der Waals surface area contributed by atoms with Gasteiger partial charge >= 0.3 is 5.91 Å². The van der Waals surface area contributed by atoms with Crippen LogP contribution < -0.4 is 10.5 Å². The van der Waals surface area contributed by atoms with E-state index in [2.05, 4.69) is 0 Å². The maximum absolute atomic E-state index is 11.7. The predicted octanol–water partition coefficient (Wildman–Crippen LogP) is -2.37. The van der Waals surface area contributed by atoms with Crippen LogP contribution in [0.5, 0.6) is 0 Å². The standard InChI is InChI=1S/C9H12N2O6S/c10-8(15)3-2-18-9(11(3)16)7-6(14)5(13)4(1-12)17-7/h2,4-7,12-14H,1H2,(H2,10,15). The molecule has 1 fully saturated rings. The topological polar surface area (TPSA) is 140 Å². The first kappa shape index (κ1) is 13.2. The maximum atomic E-state index is 11.7. The van der Waals surface area contributed by atoms with Crippen LogP contribution in [0.25, 0.3) is 0 Å². The SMILES string of the molecule is NC(=O)c1csc(C2OC(CO)C(O)C2O)[n+]1[O-]. The molecule has 0 aromatic carbocycles. The fourth-order valence-corrected chi connectivity index (χ4v) is 2.74. The molecule has 5 N–H and O–H groups in total. The van der Waals surface area contributed by atoms with Gasteiger partial charge in [-0.2, -0.15) is 4.73 Å². The number of primary amides is 1. The molecule has 1 aliphatic rings. The van der Waals surface area contributed by atoms with Crippen molar-refractivity contribution in [2.24, 2.45) is 5.73 Å². The highest BCUT2D eigenvalue weighted by molar-refractivity contribution is 7.09. The fourth-order valence-electron chi connectivity index (χ4n) is 1.78. The van der Waals surface area contributed by atoms with Crippen LogP contribution in [0, 0.1) is 5.21 Å². The van der Waals surface area contributed by atoms with Gasteiger partial charge in [0.2, 0.25) is 0 Å². The van der Waals surface area contributed by atoms with Gasteiger partial charge in [-0.25, -0.2) is 0 Å². The first-order valence-corrected chi connectivity index (χ1v) is 5.98. The molecule has 1 amide bonds. The number of hydrogen-bond donors (Lipinski definition) is 4. The van der Waals surface area contributed by atoms with Crippen molar-refractivity contribution in [3.05, 3.63) is 21.3 Å². The van der Waals surface area contributed by atoms with Crippen LogP contribution in [0.15, 0.2) is 5.38 Å². The van der Waals surface area contributed by atoms with E-state index >= 15 is 0 Å². The molecule has 0 radical (unpaired) electrons. The lowest BCUT2D eigenvalue weighted by atomic mass is 10.1. The van der Waals surface area contributed by atoms with Gasteiger partial charge in [-0.15, -0.1) is 0 Å². The van der Waals surface area contributed by atoms with Crippen LogP contribution in [0.3, 0.4) is 0 Å². The average molecular weight is 276 g/mol. The number of carbonyl (C=O) groups is 1. The van der Waals surface area contributed by atoms with Crippen molar-refractivity contribution in [3.8, 4) is 0 Å². The summed E-state index contributed by atoms with van der Waals surface area (Å²) in [5.41, 5.74) is 4.74. The van der Waals surface area contributed by atoms with E-state index < -0.39 is 36.9 Å². The Morgan fingerprint density at radius 3 is 2.67 bits per heavy atom. The minimum Gasteiger partial charge on any atom is -0.617 e. The largest absolute Gasteiger partial charge is 0.617 e. The zero-order valence-electron chi connectivity index (χ0n) is 9.09. The number of ether oxygens (including phenoxy) is 1. The van der Waals surface area contributed by atoms with Crippen LogP contribution in [-0.2, 0) is 4.74 Å². The molecular formula is C9H12N2O6S. The zero-order valence-corrected chi connectivity index (χ0v) is 9.91. The van der Waals surface area contributed by atoms with Crippen molar-refractivity contribution in [1.29, 1.82) is 0 Å². The number of aliphatic hydroxyl groups is 3. The van der Waals surface area contributed by atoms with Gasteiger partial charge in [-0.05, 0) is 0 Å². The van der Waals surface area contributed by atoms with E-state index in [1.807, 2.05) is 0 Å². The first-order valence-electron chi connectivity index (χ1n) is 5.10. The van der Waals surface area contributed by atoms with Crippen LogP contribution in [0.4, 0.5) is 0 Å². The number of thiazole rings is 1. The molecule has 4 unspecified atom stereocenters. The summed E-state index contributed by atoms with van der Waals surface area (Å²) in [6, 6.07) is 0. The molecular weight excluding hydrogens is 264 g/mol. The Kier molecular flexibility index (Phi) is 3.50. The summed E-state index contributed by atoms with van der Waals surface area (Å²) in [5.74, 6) is -0.890. The van der Waals surface area contributed by atoms with Gasteiger partial charge < -0.3 is 31.0 Å². The van der Waals surface area contributed by atoms with Gasteiger partial charge in [0.15, 0.2) is 6.10 Å². The average Bonchev–Trinajstić information content (AvgIpc) is 2.82. The summed E-state index contributed by atoms with van der Waals surface area (Å²) in [5, 5.41) is 41.2. The summed E-state index contributed by atoms with van der Waals surface area (Å²) < 4.78 is 5.45. The number of amides is 1. The van der Waals surface area contributed by atoms with Gasteiger partial charge in [0, 0.05) is 0 Å². The van der Waals surface area contributed by atoms with Gasteiger partial charge in [-0.1, -0.05) is 11.3 Å². The van der Waals surface area contributed by atoms with E-state index in [0.717, 1.165) is 11.3 Å². The molecule has 1 aromatic rings. The van der Waals surface area contributed by atoms with Gasteiger partial charge in [0.25, 0.3) is 10.7 Å². The summed E-state index contributed by atoms with van der Waals surface area (Å²) in [6.07, 6.45) is -4.70. The number of carbonyl (C=O) groups excluding carboxylic acids is 1. The molecule has 0 bridgehead atoms. The molecule has 9 heteroatoms. The van der Waals surface area contributed by atoms with Crippen molar-refractivity contribution in [1.82, 2.24) is 0 Å². The van der Waals surface area contributed by atoms with Crippen molar-refractivity contribution in [3.63, 3.8) is 0 Å². The summed E-state index contributed by atoms with van der Waals surface area (Å²) in [6.45, 7) is -0.484. The number of nitrogens with two attached hydrogens (primary N) is 1. The third-order valence-corrected chi connectivity index (χ3v) is 3.73. The lowest BCUT2D eigenvalue weighted by Crippen LogP contribution is -2.40. The Labute approximate surface area is 105 Å². The molecule has 8 nitrogen and oxygen atoms in total. The molecule has 2 rings (SSSR count). The number of aromatic nitrogens is 1. The second-order valence-electron chi connectivity index (χ2n) is 3.88. The quantitative estimate of drug-likeness (QED) is 0.359. The van der Waals surface area contributed by atoms with E-state index in [9.17, 15) is 20.2 Å². The molecule has 1 aromatic heterocycles. The Bertz CT molecular complexity index is 464. The van der Waals surface area contributed by atoms with Crippen LogP contribution >= 0.6 is 11.3 Å². The lowest BCUT2D eigenvalue weighted by molar-refractivity contribution is -0.615. The van der Waals surface area contributed by atoms with E-state index in [1.54, 1.807) is 0 Å². The third kappa shape index (κ3) is 1.95. The number of aliphatic hydroxyl groups excluding tert-OH is 3. The Morgan fingerprint density at radius 1 is 1.56 bits per heavy atom. The Balaban J connectivity index is 2.30. The Hall–Kier alpha value is -1.26. The maximum Gasteiger partial charge on any atom is 0.315 e. The molecule has 0 spiro atoms. The molecule has 100 valence electrons. The molecule has 1 saturated heterocycles. The highest BCUT2D eigenvalue weighted by Crippen LogP contribution is 2.34. The highest BCUT2D eigenvalue weighted by Gasteiger charge is 2.47. The van der Waals surface area contributed by atoms with Gasteiger partial charge in [0.05, 0.1) is 12.0 Å².